The molecule has 0 spiro atoms. The van der Waals surface area contributed by atoms with Crippen molar-refractivity contribution in [1.82, 2.24) is 20.2 Å². The summed E-state index contributed by atoms with van der Waals surface area (Å²) >= 11 is 1.41. The summed E-state index contributed by atoms with van der Waals surface area (Å²) in [5, 5.41) is 15.8. The van der Waals surface area contributed by atoms with Crippen molar-refractivity contribution < 1.29 is 33.4 Å². The van der Waals surface area contributed by atoms with Gasteiger partial charge >= 0.3 is 5.97 Å². The van der Waals surface area contributed by atoms with E-state index in [9.17, 15) is 19.5 Å². The summed E-state index contributed by atoms with van der Waals surface area (Å²) in [5.41, 5.74) is 0.0295. The molecule has 244 valence electrons. The number of ether oxygens (including phenoxy) is 2. The number of nitrogens with zero attached hydrogens (tertiary/aromatic N) is 3. The Morgan fingerprint density at radius 2 is 1.96 bits per heavy atom. The van der Waals surface area contributed by atoms with E-state index in [0.29, 0.717) is 34.8 Å². The Hall–Kier alpha value is -4.06. The molecule has 0 radical (unpaired) electrons. The number of carbonyl (C=O) groups excluding carboxylic acids is 2. The van der Waals surface area contributed by atoms with Crippen LogP contribution in [0.25, 0.3) is 21.6 Å². The monoisotopic (exact) mass is 650 g/mol. The number of amides is 2. The second kappa shape index (κ2) is 12.6. The molecule has 2 aromatic heterocycles. The minimum atomic E-state index is -1.37. The van der Waals surface area contributed by atoms with E-state index in [-0.39, 0.29) is 41.9 Å². The van der Waals surface area contributed by atoms with Gasteiger partial charge < -0.3 is 24.8 Å². The van der Waals surface area contributed by atoms with E-state index in [1.807, 2.05) is 31.4 Å². The number of allylic oxidation sites excluding steroid dienone is 1. The Kier molecular flexibility index (Phi) is 8.75. The normalized spacial score (nSPS) is 27.5. The molecule has 3 aliphatic rings. The maximum atomic E-state index is 15.6. The first-order valence-electron chi connectivity index (χ1n) is 15.8. The standard InChI is InChI=1S/C34H39FN4O6S/c1-18(2)25-17-46-31(37-25)24-15-27(21-10-11-26(44-4)28(35)29(21)36-24)45-20-13-22-23(14-20)32(41)39(3)12-8-6-5-7-9-19-16-34(19,33(42)43)38-30(22)40/h7,9-11,15,17-20,22-23H,5-6,8,12-14,16H2,1-4H3,(H,38,40)(H,42,43)/b9-7-/t19-,20-,22-,23-,34-/m1/s1. The lowest BCUT2D eigenvalue weighted by atomic mass is 9.93. The Morgan fingerprint density at radius 1 is 1.17 bits per heavy atom. The molecule has 2 saturated carbocycles. The number of methoxy groups -OCH3 is 1. The average molecular weight is 651 g/mol. The van der Waals surface area contributed by atoms with Gasteiger partial charge in [0.25, 0.3) is 0 Å². The molecule has 6 rings (SSSR count). The van der Waals surface area contributed by atoms with Crippen LogP contribution < -0.4 is 14.8 Å². The van der Waals surface area contributed by atoms with E-state index in [2.05, 4.69) is 10.3 Å². The first kappa shape index (κ1) is 31.9. The van der Waals surface area contributed by atoms with Crippen molar-refractivity contribution in [2.45, 2.75) is 69.9 Å². The zero-order valence-corrected chi connectivity index (χ0v) is 27.2. The van der Waals surface area contributed by atoms with Gasteiger partial charge in [-0.1, -0.05) is 26.0 Å². The van der Waals surface area contributed by atoms with Crippen molar-refractivity contribution in [2.75, 3.05) is 20.7 Å². The number of rotatable bonds is 6. The largest absolute Gasteiger partial charge is 0.494 e. The number of carboxylic acids is 1. The van der Waals surface area contributed by atoms with Crippen molar-refractivity contribution in [3.05, 3.63) is 47.2 Å². The second-order valence-corrected chi connectivity index (χ2v) is 13.8. The number of thiazole rings is 1. The number of nitrogens with one attached hydrogen (secondary N) is 1. The van der Waals surface area contributed by atoms with Crippen LogP contribution in [0.4, 0.5) is 4.39 Å². The Labute approximate surface area is 271 Å². The zero-order valence-electron chi connectivity index (χ0n) is 26.4. The SMILES string of the molecule is COc1ccc2c(O[C@@H]3C[C@H]4C(=O)N[C@]5(C(=O)O)C[C@H]5/C=C\CCCCN(C)C(=O)[C@@H]4C3)cc(-c3nc(C(C)C)cs3)nc2c1F. The number of fused-ring (bicyclic) bond motifs is 3. The Balaban J connectivity index is 1.35. The van der Waals surface area contributed by atoms with E-state index < -0.39 is 41.2 Å². The molecule has 1 aliphatic heterocycles. The number of carbonyl (C=O) groups is 3. The van der Waals surface area contributed by atoms with E-state index >= 15 is 4.39 Å². The molecule has 0 unspecified atom stereocenters. The first-order valence-corrected chi connectivity index (χ1v) is 16.7. The van der Waals surface area contributed by atoms with E-state index in [1.54, 1.807) is 24.1 Å². The number of hydrogen-bond donors (Lipinski definition) is 2. The van der Waals surface area contributed by atoms with E-state index in [0.717, 1.165) is 25.0 Å². The van der Waals surface area contributed by atoms with Crippen LogP contribution in [0, 0.1) is 23.6 Å². The minimum absolute atomic E-state index is 0.0425. The summed E-state index contributed by atoms with van der Waals surface area (Å²) in [6.45, 7) is 4.64. The summed E-state index contributed by atoms with van der Waals surface area (Å²) in [6, 6.07) is 4.92. The Bertz CT molecular complexity index is 1710. The van der Waals surface area contributed by atoms with E-state index in [1.165, 1.54) is 24.5 Å². The number of benzene rings is 1. The third kappa shape index (κ3) is 5.94. The summed E-state index contributed by atoms with van der Waals surface area (Å²) in [5.74, 6) is -3.53. The van der Waals surface area contributed by atoms with Crippen LogP contribution in [0.5, 0.6) is 11.5 Å². The predicted octanol–water partition coefficient (Wildman–Crippen LogP) is 5.56. The molecule has 46 heavy (non-hydrogen) atoms. The topological polar surface area (TPSA) is 131 Å². The van der Waals surface area contributed by atoms with Crippen molar-refractivity contribution in [1.29, 1.82) is 0 Å². The first-order chi connectivity index (χ1) is 22.0. The molecule has 3 heterocycles. The van der Waals surface area contributed by atoms with Crippen LogP contribution in [0.1, 0.15) is 64.0 Å². The maximum absolute atomic E-state index is 15.6. The maximum Gasteiger partial charge on any atom is 0.330 e. The molecule has 2 N–H and O–H groups in total. The molecule has 2 fully saturated rings. The zero-order chi connectivity index (χ0) is 32.7. The van der Waals surface area contributed by atoms with Crippen molar-refractivity contribution in [3.8, 4) is 22.2 Å². The van der Waals surface area contributed by atoms with Crippen LogP contribution >= 0.6 is 11.3 Å². The molecule has 2 amide bonds. The fraction of sp³-hybridized carbons (Fsp3) is 0.500. The fourth-order valence-electron chi connectivity index (χ4n) is 6.61. The lowest BCUT2D eigenvalue weighted by molar-refractivity contribution is -0.145. The van der Waals surface area contributed by atoms with Gasteiger partial charge in [-0.15, -0.1) is 11.3 Å². The smallest absolute Gasteiger partial charge is 0.330 e. The third-order valence-corrected chi connectivity index (χ3v) is 10.4. The highest BCUT2D eigenvalue weighted by molar-refractivity contribution is 7.13. The highest BCUT2D eigenvalue weighted by Crippen LogP contribution is 2.47. The summed E-state index contributed by atoms with van der Waals surface area (Å²) in [6.07, 6.45) is 6.47. The number of pyridine rings is 1. The van der Waals surface area contributed by atoms with Crippen LogP contribution in [0.3, 0.4) is 0 Å². The van der Waals surface area contributed by atoms with Crippen molar-refractivity contribution >= 4 is 40.0 Å². The highest BCUT2D eigenvalue weighted by atomic mass is 32.1. The van der Waals surface area contributed by atoms with Crippen LogP contribution in [-0.2, 0) is 14.4 Å². The summed E-state index contributed by atoms with van der Waals surface area (Å²) < 4.78 is 27.4. The highest BCUT2D eigenvalue weighted by Gasteiger charge is 2.61. The van der Waals surface area contributed by atoms with Crippen LogP contribution in [-0.4, -0.2) is 70.1 Å². The fourth-order valence-corrected chi connectivity index (χ4v) is 7.55. The average Bonchev–Trinajstić information content (AvgIpc) is 3.33. The van der Waals surface area contributed by atoms with Gasteiger partial charge in [-0.25, -0.2) is 19.2 Å². The van der Waals surface area contributed by atoms with Gasteiger partial charge in [0.1, 0.15) is 33.6 Å². The predicted molar refractivity (Wildman–Crippen MR) is 171 cm³/mol. The molecule has 5 atom stereocenters. The van der Waals surface area contributed by atoms with Gasteiger partial charge in [0.15, 0.2) is 11.6 Å². The molecule has 10 nitrogen and oxygen atoms in total. The third-order valence-electron chi connectivity index (χ3n) is 9.47. The molecule has 0 saturated heterocycles. The number of hydrogen-bond acceptors (Lipinski definition) is 8. The van der Waals surface area contributed by atoms with Gasteiger partial charge in [-0.2, -0.15) is 0 Å². The summed E-state index contributed by atoms with van der Waals surface area (Å²) in [4.78, 5) is 50.8. The van der Waals surface area contributed by atoms with Gasteiger partial charge in [0.2, 0.25) is 11.8 Å². The van der Waals surface area contributed by atoms with Crippen molar-refractivity contribution in [3.63, 3.8) is 0 Å². The van der Waals surface area contributed by atoms with Gasteiger partial charge in [0, 0.05) is 36.3 Å². The van der Waals surface area contributed by atoms with Gasteiger partial charge in [0.05, 0.1) is 24.6 Å². The lowest BCUT2D eigenvalue weighted by Gasteiger charge is -2.26. The lowest BCUT2D eigenvalue weighted by Crippen LogP contribution is -2.49. The molecule has 0 bridgehead atoms. The molecular weight excluding hydrogens is 611 g/mol. The molecule has 2 aliphatic carbocycles. The number of aliphatic carboxylic acids is 1. The van der Waals surface area contributed by atoms with Crippen molar-refractivity contribution in [2.24, 2.45) is 17.8 Å². The van der Waals surface area contributed by atoms with Crippen LogP contribution in [0.15, 0.2) is 35.7 Å². The number of halogens is 1. The molecule has 3 aromatic rings. The minimum Gasteiger partial charge on any atom is -0.494 e. The molecule has 12 heteroatoms. The van der Waals surface area contributed by atoms with Gasteiger partial charge in [-0.3, -0.25) is 9.59 Å². The van der Waals surface area contributed by atoms with Crippen LogP contribution in [0.2, 0.25) is 0 Å². The summed E-state index contributed by atoms with van der Waals surface area (Å²) in [7, 11) is 3.12. The second-order valence-electron chi connectivity index (χ2n) is 12.9. The Morgan fingerprint density at radius 3 is 2.67 bits per heavy atom. The molecular formula is C34H39FN4O6S. The van der Waals surface area contributed by atoms with Gasteiger partial charge in [-0.05, 0) is 56.6 Å². The number of aromatic nitrogens is 2. The quantitative estimate of drug-likeness (QED) is 0.332. The van der Waals surface area contributed by atoms with E-state index in [4.69, 9.17) is 14.5 Å². The number of carboxylic acid groups (broad SMARTS) is 1. The molecule has 1 aromatic carbocycles.